The lowest BCUT2D eigenvalue weighted by molar-refractivity contribution is 0.0818. The minimum absolute atomic E-state index is 0.0615. The lowest BCUT2D eigenvalue weighted by Gasteiger charge is -2.21. The smallest absolute Gasteiger partial charge is 0.0715 e. The monoisotopic (exact) mass is 224 g/mol. The lowest BCUT2D eigenvalue weighted by atomic mass is 10.1. The Morgan fingerprint density at radius 2 is 2.25 bits per heavy atom. The molecule has 16 heavy (non-hydrogen) atoms. The molecule has 0 aliphatic carbocycles. The molecule has 0 fully saturated rings. The van der Waals surface area contributed by atoms with Gasteiger partial charge in [-0.15, -0.1) is 0 Å². The van der Waals surface area contributed by atoms with E-state index in [1.807, 2.05) is 25.1 Å². The van der Waals surface area contributed by atoms with E-state index in [1.165, 1.54) is 0 Å². The van der Waals surface area contributed by atoms with Crippen LogP contribution in [0.25, 0.3) is 0 Å². The van der Waals surface area contributed by atoms with Gasteiger partial charge in [0.2, 0.25) is 0 Å². The summed E-state index contributed by atoms with van der Waals surface area (Å²) in [6.07, 6.45) is 2.83. The summed E-state index contributed by atoms with van der Waals surface area (Å²) in [5, 5.41) is 22.0. The van der Waals surface area contributed by atoms with E-state index in [9.17, 15) is 5.11 Å². The van der Waals surface area contributed by atoms with E-state index in [4.69, 9.17) is 5.11 Å². The predicted molar refractivity (Wildman–Crippen MR) is 62.9 cm³/mol. The fraction of sp³-hybridized carbons (Fsp3) is 0.583. The Kier molecular flexibility index (Phi) is 6.00. The van der Waals surface area contributed by atoms with Crippen LogP contribution in [0.2, 0.25) is 0 Å². The van der Waals surface area contributed by atoms with E-state index in [1.54, 1.807) is 6.20 Å². The molecule has 3 N–H and O–H groups in total. The number of hydrogen-bond donors (Lipinski definition) is 3. The van der Waals surface area contributed by atoms with Crippen LogP contribution in [0, 0.1) is 0 Å². The molecule has 90 valence electrons. The van der Waals surface area contributed by atoms with Crippen molar-refractivity contribution in [2.75, 3.05) is 6.61 Å². The molecule has 1 aromatic heterocycles. The van der Waals surface area contributed by atoms with Gasteiger partial charge < -0.3 is 15.5 Å². The quantitative estimate of drug-likeness (QED) is 0.637. The van der Waals surface area contributed by atoms with Crippen molar-refractivity contribution in [3.63, 3.8) is 0 Å². The van der Waals surface area contributed by atoms with Crippen LogP contribution in [-0.2, 0) is 6.54 Å². The maximum absolute atomic E-state index is 9.74. The SMILES string of the molecule is CCC[C@H](O)[C@@H](CO)NCc1ccccn1. The number of aliphatic hydroxyl groups is 2. The highest BCUT2D eigenvalue weighted by molar-refractivity contribution is 5.03. The fourth-order valence-corrected chi connectivity index (χ4v) is 1.56. The first-order chi connectivity index (χ1) is 7.77. The third-order valence-electron chi connectivity index (χ3n) is 2.52. The van der Waals surface area contributed by atoms with Gasteiger partial charge in [0.15, 0.2) is 0 Å². The number of pyridine rings is 1. The summed E-state index contributed by atoms with van der Waals surface area (Å²) < 4.78 is 0. The molecular formula is C12H20N2O2. The van der Waals surface area contributed by atoms with Crippen LogP contribution >= 0.6 is 0 Å². The first kappa shape index (κ1) is 13.1. The standard InChI is InChI=1S/C12H20N2O2/c1-2-5-12(16)11(9-15)14-8-10-6-3-4-7-13-10/h3-4,6-7,11-12,14-16H,2,5,8-9H2,1H3/t11-,12+/m1/s1. The number of nitrogens with one attached hydrogen (secondary N) is 1. The van der Waals surface area contributed by atoms with Crippen molar-refractivity contribution >= 4 is 0 Å². The first-order valence-electron chi connectivity index (χ1n) is 5.70. The molecule has 0 saturated carbocycles. The Morgan fingerprint density at radius 1 is 1.44 bits per heavy atom. The molecule has 0 radical (unpaired) electrons. The summed E-state index contributed by atoms with van der Waals surface area (Å²) in [6, 6.07) is 5.41. The highest BCUT2D eigenvalue weighted by Crippen LogP contribution is 2.03. The molecule has 1 rings (SSSR count). The van der Waals surface area contributed by atoms with Crippen LogP contribution in [0.3, 0.4) is 0 Å². The van der Waals surface area contributed by atoms with Crippen LogP contribution < -0.4 is 5.32 Å². The van der Waals surface area contributed by atoms with Gasteiger partial charge in [0.05, 0.1) is 24.4 Å². The minimum atomic E-state index is -0.501. The van der Waals surface area contributed by atoms with Gasteiger partial charge in [0.25, 0.3) is 0 Å². The maximum atomic E-state index is 9.74. The normalized spacial score (nSPS) is 14.7. The topological polar surface area (TPSA) is 65.4 Å². The zero-order valence-electron chi connectivity index (χ0n) is 9.63. The van der Waals surface area contributed by atoms with E-state index >= 15 is 0 Å². The number of rotatable bonds is 7. The summed E-state index contributed by atoms with van der Waals surface area (Å²) in [5.74, 6) is 0. The number of aromatic nitrogens is 1. The molecule has 0 saturated heterocycles. The van der Waals surface area contributed by atoms with Gasteiger partial charge in [-0.1, -0.05) is 19.4 Å². The van der Waals surface area contributed by atoms with Crippen molar-refractivity contribution in [2.24, 2.45) is 0 Å². The zero-order chi connectivity index (χ0) is 11.8. The Bertz CT molecular complexity index is 280. The first-order valence-corrected chi connectivity index (χ1v) is 5.70. The molecule has 0 spiro atoms. The second-order valence-electron chi connectivity index (χ2n) is 3.85. The van der Waals surface area contributed by atoms with Gasteiger partial charge in [-0.25, -0.2) is 0 Å². The summed E-state index contributed by atoms with van der Waals surface area (Å²) in [5.41, 5.74) is 0.907. The van der Waals surface area contributed by atoms with E-state index in [-0.39, 0.29) is 12.6 Å². The van der Waals surface area contributed by atoms with Gasteiger partial charge in [0, 0.05) is 12.7 Å². The molecule has 0 aliphatic rings. The largest absolute Gasteiger partial charge is 0.395 e. The Hall–Kier alpha value is -0.970. The van der Waals surface area contributed by atoms with E-state index in [0.29, 0.717) is 13.0 Å². The average Bonchev–Trinajstić information content (AvgIpc) is 2.31. The molecular weight excluding hydrogens is 204 g/mol. The van der Waals surface area contributed by atoms with E-state index in [0.717, 1.165) is 12.1 Å². The molecule has 0 bridgehead atoms. The molecule has 1 heterocycles. The second kappa shape index (κ2) is 7.33. The van der Waals surface area contributed by atoms with Crippen LogP contribution in [0.1, 0.15) is 25.5 Å². The van der Waals surface area contributed by atoms with Crippen LogP contribution in [-0.4, -0.2) is 33.9 Å². The molecule has 0 aliphatic heterocycles. The molecule has 4 heteroatoms. The minimum Gasteiger partial charge on any atom is -0.395 e. The number of aliphatic hydroxyl groups excluding tert-OH is 2. The molecule has 0 amide bonds. The Labute approximate surface area is 96.3 Å². The highest BCUT2D eigenvalue weighted by atomic mass is 16.3. The Morgan fingerprint density at radius 3 is 2.81 bits per heavy atom. The van der Waals surface area contributed by atoms with Crippen molar-refractivity contribution in [1.29, 1.82) is 0 Å². The second-order valence-corrected chi connectivity index (χ2v) is 3.85. The fourth-order valence-electron chi connectivity index (χ4n) is 1.56. The molecule has 2 atom stereocenters. The van der Waals surface area contributed by atoms with Crippen molar-refractivity contribution < 1.29 is 10.2 Å². The average molecular weight is 224 g/mol. The lowest BCUT2D eigenvalue weighted by Crippen LogP contribution is -2.42. The van der Waals surface area contributed by atoms with E-state index in [2.05, 4.69) is 10.3 Å². The van der Waals surface area contributed by atoms with Gasteiger partial charge in [0.1, 0.15) is 0 Å². The summed E-state index contributed by atoms with van der Waals surface area (Å²) in [4.78, 5) is 4.16. The Balaban J connectivity index is 2.39. The maximum Gasteiger partial charge on any atom is 0.0715 e. The van der Waals surface area contributed by atoms with Crippen molar-refractivity contribution in [1.82, 2.24) is 10.3 Å². The van der Waals surface area contributed by atoms with Crippen LogP contribution in [0.4, 0.5) is 0 Å². The van der Waals surface area contributed by atoms with Crippen molar-refractivity contribution in [3.05, 3.63) is 30.1 Å². The number of hydrogen-bond acceptors (Lipinski definition) is 4. The zero-order valence-corrected chi connectivity index (χ0v) is 9.63. The third-order valence-corrected chi connectivity index (χ3v) is 2.52. The van der Waals surface area contributed by atoms with Gasteiger partial charge >= 0.3 is 0 Å². The third kappa shape index (κ3) is 4.26. The van der Waals surface area contributed by atoms with Gasteiger partial charge in [-0.3, -0.25) is 4.98 Å². The van der Waals surface area contributed by atoms with Gasteiger partial charge in [-0.05, 0) is 18.6 Å². The molecule has 0 aromatic carbocycles. The van der Waals surface area contributed by atoms with Crippen LogP contribution in [0.15, 0.2) is 24.4 Å². The van der Waals surface area contributed by atoms with E-state index < -0.39 is 6.10 Å². The van der Waals surface area contributed by atoms with Gasteiger partial charge in [-0.2, -0.15) is 0 Å². The summed E-state index contributed by atoms with van der Waals surface area (Å²) >= 11 is 0. The van der Waals surface area contributed by atoms with Crippen LogP contribution in [0.5, 0.6) is 0 Å². The highest BCUT2D eigenvalue weighted by Gasteiger charge is 2.16. The van der Waals surface area contributed by atoms with Crippen molar-refractivity contribution in [3.8, 4) is 0 Å². The number of nitrogens with zero attached hydrogens (tertiary/aromatic N) is 1. The molecule has 4 nitrogen and oxygen atoms in total. The molecule has 1 aromatic rings. The predicted octanol–water partition coefficient (Wildman–Crippen LogP) is 0.693. The summed E-state index contributed by atoms with van der Waals surface area (Å²) in [7, 11) is 0. The molecule has 0 unspecified atom stereocenters. The van der Waals surface area contributed by atoms with Crippen molar-refractivity contribution in [2.45, 2.75) is 38.5 Å². The summed E-state index contributed by atoms with van der Waals surface area (Å²) in [6.45, 7) is 2.51.